The smallest absolute Gasteiger partial charge is 0.254 e. The Morgan fingerprint density at radius 3 is 2.43 bits per heavy atom. The fourth-order valence-electron chi connectivity index (χ4n) is 4.76. The summed E-state index contributed by atoms with van der Waals surface area (Å²) in [4.78, 5) is 19.4. The zero-order valence-electron chi connectivity index (χ0n) is 20.3. The molecular weight excluding hydrogens is 458 g/mol. The molecule has 0 unspecified atom stereocenters. The molecule has 4 rings (SSSR count). The number of sulfone groups is 1. The lowest BCUT2D eigenvalue weighted by Crippen LogP contribution is -2.32. The number of amides is 1. The molecule has 35 heavy (non-hydrogen) atoms. The number of nitrogens with zero attached hydrogens (tertiary/aromatic N) is 3. The highest BCUT2D eigenvalue weighted by molar-refractivity contribution is 7.90. The molecule has 0 saturated heterocycles. The van der Waals surface area contributed by atoms with Crippen LogP contribution in [0.4, 0.5) is 0 Å². The Labute approximate surface area is 208 Å². The van der Waals surface area contributed by atoms with Gasteiger partial charge in [-0.3, -0.25) is 4.79 Å². The average molecular weight is 492 g/mol. The monoisotopic (exact) mass is 491 g/mol. The van der Waals surface area contributed by atoms with E-state index in [-0.39, 0.29) is 29.4 Å². The molecule has 0 radical (unpaired) electrons. The van der Waals surface area contributed by atoms with Gasteiger partial charge in [0.15, 0.2) is 0 Å². The first kappa shape index (κ1) is 24.9. The van der Waals surface area contributed by atoms with Gasteiger partial charge in [-0.1, -0.05) is 73.4 Å². The van der Waals surface area contributed by atoms with Gasteiger partial charge in [-0.2, -0.15) is 0 Å². The fourth-order valence-corrected chi connectivity index (χ4v) is 6.30. The van der Waals surface area contributed by atoms with E-state index >= 15 is 0 Å². The van der Waals surface area contributed by atoms with Crippen LogP contribution in [0.25, 0.3) is 0 Å². The minimum Gasteiger partial charge on any atom is -0.329 e. The molecule has 1 heterocycles. The van der Waals surface area contributed by atoms with E-state index < -0.39 is 9.84 Å². The van der Waals surface area contributed by atoms with Crippen molar-refractivity contribution >= 4 is 15.7 Å². The van der Waals surface area contributed by atoms with Crippen LogP contribution in [-0.2, 0) is 22.1 Å². The number of benzene rings is 2. The summed E-state index contributed by atoms with van der Waals surface area (Å²) in [7, 11) is -3.67. The molecule has 2 aromatic carbocycles. The first-order valence-corrected chi connectivity index (χ1v) is 13.8. The Balaban J connectivity index is 1.69. The molecule has 0 aliphatic heterocycles. The van der Waals surface area contributed by atoms with Crippen LogP contribution in [0.5, 0.6) is 0 Å². The third-order valence-electron chi connectivity index (χ3n) is 6.55. The van der Waals surface area contributed by atoms with Crippen LogP contribution in [0.15, 0.2) is 78.6 Å². The van der Waals surface area contributed by atoms with Crippen LogP contribution < -0.4 is 0 Å². The molecule has 1 fully saturated rings. The van der Waals surface area contributed by atoms with Gasteiger partial charge in [0.2, 0.25) is 15.0 Å². The van der Waals surface area contributed by atoms with Crippen LogP contribution >= 0.6 is 0 Å². The van der Waals surface area contributed by atoms with Crippen LogP contribution in [0.1, 0.15) is 65.3 Å². The number of hydrogen-bond donors (Lipinski definition) is 0. The topological polar surface area (TPSA) is 72.3 Å². The minimum absolute atomic E-state index is 0.0573. The summed E-state index contributed by atoms with van der Waals surface area (Å²) in [5, 5.41) is 0.101. The summed E-state index contributed by atoms with van der Waals surface area (Å²) < 4.78 is 28.9. The van der Waals surface area contributed by atoms with Crippen molar-refractivity contribution in [3.8, 4) is 0 Å². The lowest BCUT2D eigenvalue weighted by atomic mass is 9.95. The summed E-state index contributed by atoms with van der Waals surface area (Å²) in [6, 6.07) is 16.7. The Morgan fingerprint density at radius 2 is 1.77 bits per heavy atom. The molecular formula is C28H33N3O3S. The predicted molar refractivity (Wildman–Crippen MR) is 138 cm³/mol. The first-order chi connectivity index (χ1) is 16.9. The van der Waals surface area contributed by atoms with Gasteiger partial charge < -0.3 is 9.47 Å². The van der Waals surface area contributed by atoms with E-state index in [1.54, 1.807) is 17.2 Å². The van der Waals surface area contributed by atoms with Crippen LogP contribution in [0.2, 0.25) is 0 Å². The van der Waals surface area contributed by atoms with Crippen molar-refractivity contribution in [3.63, 3.8) is 0 Å². The van der Waals surface area contributed by atoms with Gasteiger partial charge >= 0.3 is 0 Å². The maximum Gasteiger partial charge on any atom is 0.254 e. The molecule has 1 saturated carbocycles. The van der Waals surface area contributed by atoms with Crippen molar-refractivity contribution in [1.82, 2.24) is 14.5 Å². The Hall–Kier alpha value is -3.19. The molecule has 1 aromatic heterocycles. The van der Waals surface area contributed by atoms with E-state index in [2.05, 4.69) is 11.6 Å². The summed E-state index contributed by atoms with van der Waals surface area (Å²) in [5.74, 6) is -0.217. The van der Waals surface area contributed by atoms with Crippen molar-refractivity contribution in [2.24, 2.45) is 0 Å². The molecule has 6 nitrogen and oxygen atoms in total. The standard InChI is InChI=1S/C28H33N3O3S/c1-3-18-30(27(32)24-16-14-22(2)15-17-24)20-26-19-29-28(31(26)25-12-8-5-9-13-25)35(33,34)21-23-10-6-4-7-11-23/h3-4,6-7,10-11,14-17,19,25H,1,5,8-9,12-13,18,20-21H2,2H3. The van der Waals surface area contributed by atoms with Gasteiger partial charge in [0.25, 0.3) is 5.91 Å². The molecule has 0 bridgehead atoms. The number of aryl methyl sites for hydroxylation is 1. The van der Waals surface area contributed by atoms with E-state index in [1.165, 1.54) is 0 Å². The second-order valence-electron chi connectivity index (χ2n) is 9.28. The quantitative estimate of drug-likeness (QED) is 0.371. The van der Waals surface area contributed by atoms with Gasteiger partial charge in [-0.05, 0) is 37.5 Å². The SMILES string of the molecule is C=CCN(Cc1cnc(S(=O)(=O)Cc2ccccc2)n1C1CCCCC1)C(=O)c1ccc(C)cc1. The van der Waals surface area contributed by atoms with Gasteiger partial charge in [0, 0.05) is 18.2 Å². The second-order valence-corrected chi connectivity index (χ2v) is 11.2. The third-order valence-corrected chi connectivity index (χ3v) is 8.12. The molecule has 1 aliphatic rings. The van der Waals surface area contributed by atoms with E-state index in [0.29, 0.717) is 12.1 Å². The molecule has 0 atom stereocenters. The normalized spacial score (nSPS) is 14.5. The third kappa shape index (κ3) is 5.90. The van der Waals surface area contributed by atoms with Crippen molar-refractivity contribution < 1.29 is 13.2 Å². The Kier molecular flexibility index (Phi) is 7.86. The number of carbonyl (C=O) groups is 1. The first-order valence-electron chi connectivity index (χ1n) is 12.2. The van der Waals surface area contributed by atoms with E-state index in [9.17, 15) is 13.2 Å². The molecule has 1 amide bonds. The Morgan fingerprint density at radius 1 is 1.09 bits per heavy atom. The molecule has 0 N–H and O–H groups in total. The van der Waals surface area contributed by atoms with Gasteiger partial charge in [0.05, 0.1) is 24.2 Å². The van der Waals surface area contributed by atoms with Crippen LogP contribution in [0.3, 0.4) is 0 Å². The minimum atomic E-state index is -3.67. The van der Waals surface area contributed by atoms with Crippen LogP contribution in [-0.4, -0.2) is 35.3 Å². The van der Waals surface area contributed by atoms with E-state index in [1.807, 2.05) is 66.1 Å². The molecule has 184 valence electrons. The summed E-state index contributed by atoms with van der Waals surface area (Å²) >= 11 is 0. The van der Waals surface area contributed by atoms with E-state index in [4.69, 9.17) is 0 Å². The lowest BCUT2D eigenvalue weighted by molar-refractivity contribution is 0.0757. The van der Waals surface area contributed by atoms with Crippen molar-refractivity contribution in [2.75, 3.05) is 6.54 Å². The number of hydrogen-bond acceptors (Lipinski definition) is 4. The maximum atomic E-state index is 13.5. The average Bonchev–Trinajstić information content (AvgIpc) is 3.29. The molecule has 1 aliphatic carbocycles. The number of carbonyl (C=O) groups excluding carboxylic acids is 1. The van der Waals surface area contributed by atoms with Gasteiger partial charge in [-0.15, -0.1) is 6.58 Å². The van der Waals surface area contributed by atoms with Gasteiger partial charge in [0.1, 0.15) is 0 Å². The molecule has 7 heteroatoms. The lowest BCUT2D eigenvalue weighted by Gasteiger charge is -2.28. The summed E-state index contributed by atoms with van der Waals surface area (Å²) in [5.41, 5.74) is 3.15. The zero-order valence-corrected chi connectivity index (χ0v) is 21.1. The second kappa shape index (κ2) is 11.0. The predicted octanol–water partition coefficient (Wildman–Crippen LogP) is 5.50. The fraction of sp³-hybridized carbons (Fsp3) is 0.357. The highest BCUT2D eigenvalue weighted by Gasteiger charge is 2.30. The highest BCUT2D eigenvalue weighted by atomic mass is 32.2. The number of aromatic nitrogens is 2. The molecule has 3 aromatic rings. The van der Waals surface area contributed by atoms with Crippen molar-refractivity contribution in [2.45, 2.75) is 62.5 Å². The zero-order chi connectivity index (χ0) is 24.8. The van der Waals surface area contributed by atoms with Crippen LogP contribution in [0, 0.1) is 6.92 Å². The largest absolute Gasteiger partial charge is 0.329 e. The highest BCUT2D eigenvalue weighted by Crippen LogP contribution is 2.33. The van der Waals surface area contributed by atoms with Gasteiger partial charge in [-0.25, -0.2) is 13.4 Å². The van der Waals surface area contributed by atoms with Crippen molar-refractivity contribution in [1.29, 1.82) is 0 Å². The number of rotatable bonds is 9. The van der Waals surface area contributed by atoms with Crippen molar-refractivity contribution in [3.05, 3.63) is 95.8 Å². The maximum absolute atomic E-state index is 13.5. The Bertz CT molecular complexity index is 1260. The number of imidazole rings is 1. The van der Waals surface area contributed by atoms with E-state index in [0.717, 1.165) is 48.9 Å². The summed E-state index contributed by atoms with van der Waals surface area (Å²) in [6.45, 7) is 6.43. The molecule has 0 spiro atoms. The summed E-state index contributed by atoms with van der Waals surface area (Å²) in [6.07, 6.45) is 8.40.